The number of thiazole rings is 1. The minimum Gasteiger partial charge on any atom is -0.479 e. The molecule has 1 heterocycles. The van der Waals surface area contributed by atoms with Crippen molar-refractivity contribution < 1.29 is 14.7 Å². The van der Waals surface area contributed by atoms with Gasteiger partial charge in [-0.3, -0.25) is 4.79 Å². The van der Waals surface area contributed by atoms with Gasteiger partial charge in [0.2, 0.25) is 0 Å². The van der Waals surface area contributed by atoms with Gasteiger partial charge in [0.15, 0.2) is 6.04 Å². The molecule has 0 saturated carbocycles. The third kappa shape index (κ3) is 2.72. The van der Waals surface area contributed by atoms with Crippen LogP contribution in [0.1, 0.15) is 22.1 Å². The van der Waals surface area contributed by atoms with Gasteiger partial charge in [0.25, 0.3) is 5.91 Å². The van der Waals surface area contributed by atoms with E-state index in [0.29, 0.717) is 5.56 Å². The van der Waals surface area contributed by atoms with Crippen molar-refractivity contribution in [1.82, 2.24) is 10.3 Å². The number of rotatable bonds is 4. The Morgan fingerprint density at radius 2 is 2.00 bits per heavy atom. The number of carboxylic acid groups (broad SMARTS) is 1. The molecule has 1 unspecified atom stereocenters. The molecule has 0 aliphatic carbocycles. The van der Waals surface area contributed by atoms with Crippen LogP contribution >= 0.6 is 11.3 Å². The van der Waals surface area contributed by atoms with Crippen molar-refractivity contribution in [3.05, 3.63) is 52.5 Å². The molecule has 0 saturated heterocycles. The van der Waals surface area contributed by atoms with Crippen molar-refractivity contribution in [2.75, 3.05) is 0 Å². The Labute approximate surface area is 107 Å². The van der Waals surface area contributed by atoms with Crippen LogP contribution in [-0.4, -0.2) is 22.0 Å². The molecule has 0 radical (unpaired) electrons. The molecule has 2 N–H and O–H groups in total. The molecule has 92 valence electrons. The number of carboxylic acids is 1. The van der Waals surface area contributed by atoms with Crippen LogP contribution in [0.5, 0.6) is 0 Å². The summed E-state index contributed by atoms with van der Waals surface area (Å²) in [5.74, 6) is -1.60. The predicted octanol–water partition coefficient (Wildman–Crippen LogP) is 1.70. The first-order chi connectivity index (χ1) is 8.68. The number of benzene rings is 1. The monoisotopic (exact) mass is 262 g/mol. The zero-order valence-corrected chi connectivity index (χ0v) is 10.1. The number of aliphatic carboxylic acids is 1. The lowest BCUT2D eigenvalue weighted by molar-refractivity contribution is -0.139. The number of nitrogens with one attached hydrogen (secondary N) is 1. The van der Waals surface area contributed by atoms with Gasteiger partial charge in [-0.05, 0) is 5.56 Å². The van der Waals surface area contributed by atoms with Crippen LogP contribution in [0.15, 0.2) is 41.2 Å². The summed E-state index contributed by atoms with van der Waals surface area (Å²) in [6.45, 7) is 0. The Hall–Kier alpha value is -2.21. The molecule has 0 fully saturated rings. The maximum absolute atomic E-state index is 11.8. The number of nitrogens with zero attached hydrogens (tertiary/aromatic N) is 1. The van der Waals surface area contributed by atoms with E-state index in [1.54, 1.807) is 35.7 Å². The lowest BCUT2D eigenvalue weighted by Crippen LogP contribution is -2.33. The third-order valence-electron chi connectivity index (χ3n) is 2.32. The summed E-state index contributed by atoms with van der Waals surface area (Å²) in [4.78, 5) is 26.8. The lowest BCUT2D eigenvalue weighted by Gasteiger charge is -2.13. The molecule has 1 aromatic heterocycles. The molecule has 1 amide bonds. The zero-order chi connectivity index (χ0) is 13.0. The van der Waals surface area contributed by atoms with Crippen LogP contribution in [0.25, 0.3) is 0 Å². The van der Waals surface area contributed by atoms with Crippen molar-refractivity contribution >= 4 is 23.2 Å². The number of hydrogen-bond donors (Lipinski definition) is 2. The Kier molecular flexibility index (Phi) is 3.69. The van der Waals surface area contributed by atoms with E-state index in [1.807, 2.05) is 0 Å². The summed E-state index contributed by atoms with van der Waals surface area (Å²) >= 11 is 1.28. The quantitative estimate of drug-likeness (QED) is 0.879. The first-order valence-electron chi connectivity index (χ1n) is 5.15. The van der Waals surface area contributed by atoms with E-state index in [2.05, 4.69) is 10.3 Å². The SMILES string of the molecule is O=C(NC(C(=O)O)c1ccccc1)c1cscn1. The summed E-state index contributed by atoms with van der Waals surface area (Å²) in [6, 6.07) is 7.46. The Balaban J connectivity index is 2.18. The minimum absolute atomic E-state index is 0.224. The highest BCUT2D eigenvalue weighted by molar-refractivity contribution is 7.07. The van der Waals surface area contributed by atoms with Crippen molar-refractivity contribution in [3.8, 4) is 0 Å². The Bertz CT molecular complexity index is 540. The van der Waals surface area contributed by atoms with E-state index in [4.69, 9.17) is 5.11 Å². The van der Waals surface area contributed by atoms with E-state index in [9.17, 15) is 9.59 Å². The molecule has 5 nitrogen and oxygen atoms in total. The molecule has 2 rings (SSSR count). The number of carbonyl (C=O) groups is 2. The van der Waals surface area contributed by atoms with Crippen LogP contribution in [0.2, 0.25) is 0 Å². The molecule has 18 heavy (non-hydrogen) atoms. The second kappa shape index (κ2) is 5.42. The highest BCUT2D eigenvalue weighted by Gasteiger charge is 2.22. The van der Waals surface area contributed by atoms with Gasteiger partial charge in [-0.1, -0.05) is 30.3 Å². The van der Waals surface area contributed by atoms with Gasteiger partial charge in [-0.25, -0.2) is 9.78 Å². The second-order valence-corrected chi connectivity index (χ2v) is 4.25. The molecular formula is C12H10N2O3S. The van der Waals surface area contributed by atoms with Gasteiger partial charge in [-0.15, -0.1) is 11.3 Å². The topological polar surface area (TPSA) is 79.3 Å². The van der Waals surface area contributed by atoms with E-state index >= 15 is 0 Å². The van der Waals surface area contributed by atoms with Crippen LogP contribution in [-0.2, 0) is 4.79 Å². The van der Waals surface area contributed by atoms with E-state index in [0.717, 1.165) is 0 Å². The Morgan fingerprint density at radius 1 is 1.28 bits per heavy atom. The van der Waals surface area contributed by atoms with Crippen molar-refractivity contribution in [2.45, 2.75) is 6.04 Å². The highest BCUT2D eigenvalue weighted by Crippen LogP contribution is 2.13. The first-order valence-corrected chi connectivity index (χ1v) is 6.09. The minimum atomic E-state index is -1.11. The van der Waals surface area contributed by atoms with Gasteiger partial charge in [0.1, 0.15) is 5.69 Å². The maximum Gasteiger partial charge on any atom is 0.330 e. The fourth-order valence-electron chi connectivity index (χ4n) is 1.46. The largest absolute Gasteiger partial charge is 0.479 e. The lowest BCUT2D eigenvalue weighted by atomic mass is 10.1. The van der Waals surface area contributed by atoms with Gasteiger partial charge < -0.3 is 10.4 Å². The van der Waals surface area contributed by atoms with Gasteiger partial charge >= 0.3 is 5.97 Å². The number of hydrogen-bond acceptors (Lipinski definition) is 4. The molecule has 0 bridgehead atoms. The van der Waals surface area contributed by atoms with Crippen LogP contribution in [0, 0.1) is 0 Å². The standard InChI is InChI=1S/C12H10N2O3S/c15-11(9-6-18-7-13-9)14-10(12(16)17)8-4-2-1-3-5-8/h1-7,10H,(H,14,15)(H,16,17). The fourth-order valence-corrected chi connectivity index (χ4v) is 1.99. The van der Waals surface area contributed by atoms with E-state index in [1.165, 1.54) is 16.8 Å². The highest BCUT2D eigenvalue weighted by atomic mass is 32.1. The molecule has 1 atom stereocenters. The van der Waals surface area contributed by atoms with Crippen molar-refractivity contribution in [3.63, 3.8) is 0 Å². The van der Waals surface area contributed by atoms with Crippen LogP contribution in [0.4, 0.5) is 0 Å². The second-order valence-electron chi connectivity index (χ2n) is 3.53. The number of amides is 1. The van der Waals surface area contributed by atoms with Gasteiger partial charge in [-0.2, -0.15) is 0 Å². The zero-order valence-electron chi connectivity index (χ0n) is 9.24. The van der Waals surface area contributed by atoms with Gasteiger partial charge in [0, 0.05) is 5.38 Å². The molecule has 2 aromatic rings. The third-order valence-corrected chi connectivity index (χ3v) is 2.91. The number of carbonyl (C=O) groups excluding carboxylic acids is 1. The first kappa shape index (κ1) is 12.3. The summed E-state index contributed by atoms with van der Waals surface area (Å²) in [5.41, 5.74) is 2.27. The molecule has 6 heteroatoms. The van der Waals surface area contributed by atoms with E-state index < -0.39 is 17.9 Å². The summed E-state index contributed by atoms with van der Waals surface area (Å²) < 4.78 is 0. The molecule has 1 aromatic carbocycles. The van der Waals surface area contributed by atoms with Crippen molar-refractivity contribution in [2.24, 2.45) is 0 Å². The van der Waals surface area contributed by atoms with Crippen molar-refractivity contribution in [1.29, 1.82) is 0 Å². The molecular weight excluding hydrogens is 252 g/mol. The predicted molar refractivity (Wildman–Crippen MR) is 66.4 cm³/mol. The fraction of sp³-hybridized carbons (Fsp3) is 0.0833. The van der Waals surface area contributed by atoms with Crippen LogP contribution in [0.3, 0.4) is 0 Å². The van der Waals surface area contributed by atoms with Crippen LogP contribution < -0.4 is 5.32 Å². The molecule has 0 spiro atoms. The smallest absolute Gasteiger partial charge is 0.330 e. The Morgan fingerprint density at radius 3 is 2.56 bits per heavy atom. The summed E-state index contributed by atoms with van der Waals surface area (Å²) in [7, 11) is 0. The summed E-state index contributed by atoms with van der Waals surface area (Å²) in [5, 5.41) is 13.2. The summed E-state index contributed by atoms with van der Waals surface area (Å²) in [6.07, 6.45) is 0. The number of aromatic nitrogens is 1. The average molecular weight is 262 g/mol. The maximum atomic E-state index is 11.8. The van der Waals surface area contributed by atoms with E-state index in [-0.39, 0.29) is 5.69 Å². The normalized spacial score (nSPS) is 11.8. The molecule has 0 aliphatic rings. The molecule has 0 aliphatic heterocycles. The average Bonchev–Trinajstić information content (AvgIpc) is 2.90. The van der Waals surface area contributed by atoms with Gasteiger partial charge in [0.05, 0.1) is 5.51 Å².